The predicted octanol–water partition coefficient (Wildman–Crippen LogP) is 3.51. The molecule has 2 saturated carbocycles. The van der Waals surface area contributed by atoms with Crippen LogP contribution in [0.1, 0.15) is 57.9 Å². The Morgan fingerprint density at radius 2 is 1.69 bits per heavy atom. The summed E-state index contributed by atoms with van der Waals surface area (Å²) in [5, 5.41) is 0. The number of halogens is 1. The summed E-state index contributed by atoms with van der Waals surface area (Å²) in [5.74, 6) is -0.429. The number of rotatable bonds is 7. The lowest BCUT2D eigenvalue weighted by Gasteiger charge is -2.51. The largest absolute Gasteiger partial charge is 0.369 e. The van der Waals surface area contributed by atoms with Crippen molar-refractivity contribution in [3.63, 3.8) is 0 Å². The zero-order chi connectivity index (χ0) is 23.4. The second kappa shape index (κ2) is 7.72. The molecule has 2 aliphatic carbocycles. The van der Waals surface area contributed by atoms with Crippen LogP contribution in [0.2, 0.25) is 0 Å². The lowest BCUT2D eigenvalue weighted by Crippen LogP contribution is -2.56. The molecule has 32 heavy (non-hydrogen) atoms. The normalized spacial score (nSPS) is 29.8. The van der Waals surface area contributed by atoms with E-state index in [0.29, 0.717) is 19.4 Å². The zero-order valence-electron chi connectivity index (χ0n) is 19.9. The van der Waals surface area contributed by atoms with E-state index in [1.807, 2.05) is 11.0 Å². The highest BCUT2D eigenvalue weighted by Crippen LogP contribution is 2.51. The number of carbonyl (C=O) groups excluding carboxylic acids is 2. The zero-order valence-corrected chi connectivity index (χ0v) is 19.9. The Morgan fingerprint density at radius 3 is 2.19 bits per heavy atom. The van der Waals surface area contributed by atoms with Crippen LogP contribution in [0.4, 0.5) is 9.18 Å². The second-order valence-corrected chi connectivity index (χ2v) is 11.1. The van der Waals surface area contributed by atoms with E-state index >= 15 is 0 Å². The summed E-state index contributed by atoms with van der Waals surface area (Å²) in [6.07, 6.45) is 4.42. The number of primary amides is 1. The molecule has 2 N–H and O–H groups in total. The van der Waals surface area contributed by atoms with Crippen molar-refractivity contribution in [1.29, 1.82) is 0 Å². The molecule has 7 heteroatoms. The third-order valence-corrected chi connectivity index (χ3v) is 8.22. The Labute approximate surface area is 190 Å². The van der Waals surface area contributed by atoms with Crippen LogP contribution in [0.3, 0.4) is 0 Å². The molecule has 3 aliphatic rings. The van der Waals surface area contributed by atoms with E-state index in [2.05, 4.69) is 43.3 Å². The third-order valence-electron chi connectivity index (χ3n) is 8.22. The van der Waals surface area contributed by atoms with Gasteiger partial charge in [0.05, 0.1) is 17.5 Å². The fraction of sp³-hybridized carbons (Fsp3) is 0.680. The molecule has 3 fully saturated rings. The minimum atomic E-state index is -1.26. The summed E-state index contributed by atoms with van der Waals surface area (Å²) in [5.41, 5.74) is 4.28. The number of nitrogens with zero attached hydrogens (tertiary/aromatic N) is 3. The van der Waals surface area contributed by atoms with E-state index in [9.17, 15) is 14.0 Å². The van der Waals surface area contributed by atoms with Crippen molar-refractivity contribution in [3.8, 4) is 0 Å². The third kappa shape index (κ3) is 3.89. The van der Waals surface area contributed by atoms with Gasteiger partial charge >= 0.3 is 6.03 Å². The van der Waals surface area contributed by atoms with Crippen molar-refractivity contribution in [2.24, 2.45) is 11.1 Å². The van der Waals surface area contributed by atoms with Crippen molar-refractivity contribution in [2.45, 2.75) is 69.1 Å². The van der Waals surface area contributed by atoms with Gasteiger partial charge in [-0.3, -0.25) is 9.69 Å². The average molecular weight is 445 g/mol. The van der Waals surface area contributed by atoms with Crippen LogP contribution in [0.5, 0.6) is 0 Å². The quantitative estimate of drug-likeness (QED) is 0.700. The molecule has 0 radical (unpaired) electrons. The van der Waals surface area contributed by atoms with E-state index in [-0.39, 0.29) is 24.7 Å². The van der Waals surface area contributed by atoms with Crippen LogP contribution in [-0.4, -0.2) is 71.6 Å². The van der Waals surface area contributed by atoms with Crippen LogP contribution in [0.15, 0.2) is 30.3 Å². The number of carbonyl (C=O) groups is 2. The number of urea groups is 1. The highest BCUT2D eigenvalue weighted by molar-refractivity contribution is 5.83. The van der Waals surface area contributed by atoms with E-state index < -0.39 is 22.5 Å². The van der Waals surface area contributed by atoms with Gasteiger partial charge in [-0.2, -0.15) is 0 Å². The van der Waals surface area contributed by atoms with Gasteiger partial charge in [0.15, 0.2) is 0 Å². The van der Waals surface area contributed by atoms with Gasteiger partial charge in [0.25, 0.3) is 0 Å². The highest BCUT2D eigenvalue weighted by Gasteiger charge is 2.58. The molecule has 3 amide bonds. The summed E-state index contributed by atoms with van der Waals surface area (Å²) in [7, 11) is 4.23. The van der Waals surface area contributed by atoms with Gasteiger partial charge in [-0.05, 0) is 72.0 Å². The minimum absolute atomic E-state index is 0.103. The van der Waals surface area contributed by atoms with Gasteiger partial charge in [-0.15, -0.1) is 0 Å². The molecule has 1 heterocycles. The van der Waals surface area contributed by atoms with Crippen molar-refractivity contribution in [3.05, 3.63) is 35.9 Å². The maximum Gasteiger partial charge on any atom is 0.320 e. The summed E-state index contributed by atoms with van der Waals surface area (Å²) in [6, 6.07) is 10.4. The number of hydrogen-bond donors (Lipinski definition) is 1. The molecule has 1 aliphatic heterocycles. The smallest absolute Gasteiger partial charge is 0.320 e. The van der Waals surface area contributed by atoms with Crippen molar-refractivity contribution < 1.29 is 14.0 Å². The molecule has 0 bridgehead atoms. The van der Waals surface area contributed by atoms with Gasteiger partial charge in [0, 0.05) is 18.6 Å². The van der Waals surface area contributed by atoms with E-state index in [0.717, 1.165) is 25.7 Å². The number of nitrogens with two attached hydrogens (primary N) is 1. The highest BCUT2D eigenvalue weighted by atomic mass is 19.1. The predicted molar refractivity (Wildman–Crippen MR) is 123 cm³/mol. The van der Waals surface area contributed by atoms with Crippen LogP contribution in [0.25, 0.3) is 0 Å². The Hall–Kier alpha value is -2.15. The molecule has 0 aromatic heterocycles. The molecule has 1 spiro atoms. The van der Waals surface area contributed by atoms with E-state index in [1.54, 1.807) is 18.7 Å². The number of alkyl halides is 1. The molecule has 0 unspecified atom stereocenters. The minimum Gasteiger partial charge on any atom is -0.369 e. The van der Waals surface area contributed by atoms with Gasteiger partial charge < -0.3 is 15.5 Å². The van der Waals surface area contributed by atoms with Crippen molar-refractivity contribution in [2.75, 3.05) is 33.7 Å². The van der Waals surface area contributed by atoms with Crippen molar-refractivity contribution in [1.82, 2.24) is 14.7 Å². The van der Waals surface area contributed by atoms with E-state index in [4.69, 9.17) is 5.73 Å². The molecule has 1 aromatic carbocycles. The SMILES string of the molecule is CN(C)[C@]1(c2ccccc2)CC[C@]2(CC1)CN(CC(C)(C)C(N)=O)C(=O)N2CC1(F)CC1. The lowest BCUT2D eigenvalue weighted by atomic mass is 9.68. The maximum atomic E-state index is 14.9. The first-order valence-corrected chi connectivity index (χ1v) is 11.7. The summed E-state index contributed by atoms with van der Waals surface area (Å²) in [4.78, 5) is 31.2. The summed E-state index contributed by atoms with van der Waals surface area (Å²) in [6.45, 7) is 4.47. The van der Waals surface area contributed by atoms with Gasteiger partial charge in [-0.1, -0.05) is 30.3 Å². The van der Waals surface area contributed by atoms with Crippen molar-refractivity contribution >= 4 is 11.9 Å². The second-order valence-electron chi connectivity index (χ2n) is 11.1. The molecule has 6 nitrogen and oxygen atoms in total. The Morgan fingerprint density at radius 1 is 1.09 bits per heavy atom. The summed E-state index contributed by atoms with van der Waals surface area (Å²) < 4.78 is 14.9. The Bertz CT molecular complexity index is 873. The maximum absolute atomic E-state index is 14.9. The first-order chi connectivity index (χ1) is 14.9. The molecule has 1 aromatic rings. The standard InChI is InChI=1S/C25H37FN4O2/c1-22(2,20(27)31)16-29-18-24(30(21(29)32)17-23(26)10-11-23)12-14-25(15-13-24,28(3)4)19-8-6-5-7-9-19/h5-9H,10-18H2,1-4H3,(H2,27,31)/t24-,25+. The van der Waals surface area contributed by atoms with E-state index in [1.165, 1.54) is 5.56 Å². The molecule has 0 atom stereocenters. The topological polar surface area (TPSA) is 69.9 Å². The molecule has 4 rings (SSSR count). The molecular formula is C25H37FN4O2. The fourth-order valence-electron chi connectivity index (χ4n) is 5.67. The molecular weight excluding hydrogens is 407 g/mol. The molecule has 176 valence electrons. The number of hydrogen-bond acceptors (Lipinski definition) is 3. The van der Waals surface area contributed by atoms with Gasteiger partial charge in [0.1, 0.15) is 5.67 Å². The number of benzene rings is 1. The first kappa shape index (κ1) is 23.0. The monoisotopic (exact) mass is 444 g/mol. The average Bonchev–Trinajstić information content (AvgIpc) is 3.43. The van der Waals surface area contributed by atoms with Crippen LogP contribution < -0.4 is 5.73 Å². The Kier molecular flexibility index (Phi) is 5.55. The van der Waals surface area contributed by atoms with Gasteiger partial charge in [-0.25, -0.2) is 9.18 Å². The lowest BCUT2D eigenvalue weighted by molar-refractivity contribution is -0.126. The van der Waals surface area contributed by atoms with Crippen LogP contribution in [-0.2, 0) is 10.3 Å². The van der Waals surface area contributed by atoms with Gasteiger partial charge in [0.2, 0.25) is 5.91 Å². The van der Waals surface area contributed by atoms with Crippen LogP contribution >= 0.6 is 0 Å². The Balaban J connectivity index is 1.61. The molecule has 1 saturated heterocycles. The summed E-state index contributed by atoms with van der Waals surface area (Å²) >= 11 is 0. The first-order valence-electron chi connectivity index (χ1n) is 11.7. The fourth-order valence-corrected chi connectivity index (χ4v) is 5.67. The number of amides is 3. The van der Waals surface area contributed by atoms with Crippen LogP contribution in [0, 0.1) is 5.41 Å².